The second-order valence-electron chi connectivity index (χ2n) is 5.42. The molecule has 2 unspecified atom stereocenters. The van der Waals surface area contributed by atoms with Gasteiger partial charge < -0.3 is 9.84 Å². The van der Waals surface area contributed by atoms with Crippen molar-refractivity contribution in [3.63, 3.8) is 0 Å². The Morgan fingerprint density at radius 2 is 1.83 bits per heavy atom. The number of nitriles is 1. The van der Waals surface area contributed by atoms with Crippen molar-refractivity contribution in [2.45, 2.75) is 39.7 Å². The van der Waals surface area contributed by atoms with Gasteiger partial charge in [0.1, 0.15) is 5.75 Å². The Labute approximate surface area is 109 Å². The number of nitrogens with zero attached hydrogens (tertiary/aromatic N) is 1. The Bertz CT molecular complexity index is 412. The highest BCUT2D eigenvalue weighted by molar-refractivity contribution is 5.33. The normalized spacial score (nSPS) is 14.7. The molecule has 1 aromatic carbocycles. The SMILES string of the molecule is CCOc1ccc(C(C#N)C(O)C(C)(C)C)cc1. The third-order valence-electron chi connectivity index (χ3n) is 2.89. The van der Waals surface area contributed by atoms with Crippen LogP contribution in [0, 0.1) is 16.7 Å². The first-order valence-corrected chi connectivity index (χ1v) is 6.20. The van der Waals surface area contributed by atoms with Crippen LogP contribution in [-0.2, 0) is 0 Å². The van der Waals surface area contributed by atoms with Gasteiger partial charge in [-0.05, 0) is 30.0 Å². The van der Waals surface area contributed by atoms with Crippen LogP contribution < -0.4 is 4.74 Å². The first-order valence-electron chi connectivity index (χ1n) is 6.20. The molecule has 1 N–H and O–H groups in total. The van der Waals surface area contributed by atoms with Crippen LogP contribution in [0.3, 0.4) is 0 Å². The van der Waals surface area contributed by atoms with Gasteiger partial charge in [-0.2, -0.15) is 5.26 Å². The molecule has 0 saturated carbocycles. The molecule has 2 atom stereocenters. The quantitative estimate of drug-likeness (QED) is 0.889. The topological polar surface area (TPSA) is 53.2 Å². The monoisotopic (exact) mass is 247 g/mol. The molecule has 0 aliphatic heterocycles. The number of rotatable bonds is 4. The summed E-state index contributed by atoms with van der Waals surface area (Å²) in [6, 6.07) is 9.53. The number of hydrogen-bond acceptors (Lipinski definition) is 3. The molecule has 3 heteroatoms. The molecular weight excluding hydrogens is 226 g/mol. The summed E-state index contributed by atoms with van der Waals surface area (Å²) >= 11 is 0. The summed E-state index contributed by atoms with van der Waals surface area (Å²) in [6.45, 7) is 8.32. The van der Waals surface area contributed by atoms with Crippen LogP contribution in [0.4, 0.5) is 0 Å². The smallest absolute Gasteiger partial charge is 0.119 e. The maximum Gasteiger partial charge on any atom is 0.119 e. The lowest BCUT2D eigenvalue weighted by molar-refractivity contribution is 0.0527. The van der Waals surface area contributed by atoms with Crippen LogP contribution in [0.25, 0.3) is 0 Å². The highest BCUT2D eigenvalue weighted by Crippen LogP contribution is 2.32. The molecule has 0 amide bonds. The molecule has 0 aliphatic rings. The van der Waals surface area contributed by atoms with Crippen LogP contribution in [0.5, 0.6) is 5.75 Å². The maximum atomic E-state index is 10.2. The standard InChI is InChI=1S/C15H21NO2/c1-5-18-12-8-6-11(7-9-12)13(10-16)14(17)15(2,3)4/h6-9,13-14,17H,5H2,1-4H3. The van der Waals surface area contributed by atoms with E-state index >= 15 is 0 Å². The zero-order valence-corrected chi connectivity index (χ0v) is 11.5. The van der Waals surface area contributed by atoms with Crippen molar-refractivity contribution in [2.24, 2.45) is 5.41 Å². The van der Waals surface area contributed by atoms with E-state index in [2.05, 4.69) is 6.07 Å². The molecule has 0 spiro atoms. The lowest BCUT2D eigenvalue weighted by atomic mass is 9.79. The number of ether oxygens (including phenoxy) is 1. The molecule has 18 heavy (non-hydrogen) atoms. The third kappa shape index (κ3) is 3.48. The second kappa shape index (κ2) is 5.88. The molecule has 0 bridgehead atoms. The van der Waals surface area contributed by atoms with Gasteiger partial charge in [0.15, 0.2) is 0 Å². The predicted octanol–water partition coefficient (Wildman–Crippen LogP) is 3.10. The van der Waals surface area contributed by atoms with Gasteiger partial charge in [0.2, 0.25) is 0 Å². The summed E-state index contributed by atoms with van der Waals surface area (Å²) in [5.41, 5.74) is 0.502. The predicted molar refractivity (Wildman–Crippen MR) is 71.4 cm³/mol. The van der Waals surface area contributed by atoms with E-state index in [1.165, 1.54) is 0 Å². The van der Waals surface area contributed by atoms with E-state index in [9.17, 15) is 10.4 Å². The van der Waals surface area contributed by atoms with E-state index in [4.69, 9.17) is 4.74 Å². The highest BCUT2D eigenvalue weighted by atomic mass is 16.5. The molecule has 0 aromatic heterocycles. The van der Waals surface area contributed by atoms with Gasteiger partial charge in [-0.15, -0.1) is 0 Å². The summed E-state index contributed by atoms with van der Waals surface area (Å²) in [5.74, 6) is 0.267. The fraction of sp³-hybridized carbons (Fsp3) is 0.533. The number of aliphatic hydroxyl groups excluding tert-OH is 1. The fourth-order valence-corrected chi connectivity index (χ4v) is 1.77. The Morgan fingerprint density at radius 1 is 1.28 bits per heavy atom. The second-order valence-corrected chi connectivity index (χ2v) is 5.42. The number of aliphatic hydroxyl groups is 1. The van der Waals surface area contributed by atoms with E-state index in [0.29, 0.717) is 6.61 Å². The van der Waals surface area contributed by atoms with Gasteiger partial charge in [-0.3, -0.25) is 0 Å². The lowest BCUT2D eigenvalue weighted by Crippen LogP contribution is -2.31. The summed E-state index contributed by atoms with van der Waals surface area (Å²) < 4.78 is 5.36. The van der Waals surface area contributed by atoms with Gasteiger partial charge in [0.05, 0.1) is 24.7 Å². The molecule has 1 rings (SSSR count). The maximum absolute atomic E-state index is 10.2. The molecular formula is C15H21NO2. The van der Waals surface area contributed by atoms with E-state index in [1.54, 1.807) is 0 Å². The van der Waals surface area contributed by atoms with Crippen LogP contribution in [-0.4, -0.2) is 17.8 Å². The van der Waals surface area contributed by atoms with Crippen molar-refractivity contribution in [1.82, 2.24) is 0 Å². The van der Waals surface area contributed by atoms with Gasteiger partial charge in [-0.1, -0.05) is 32.9 Å². The van der Waals surface area contributed by atoms with E-state index < -0.39 is 12.0 Å². The Hall–Kier alpha value is -1.53. The van der Waals surface area contributed by atoms with Crippen LogP contribution in [0.1, 0.15) is 39.2 Å². The van der Waals surface area contributed by atoms with Gasteiger partial charge in [0.25, 0.3) is 0 Å². The zero-order valence-electron chi connectivity index (χ0n) is 11.5. The van der Waals surface area contributed by atoms with Crippen LogP contribution in [0.2, 0.25) is 0 Å². The van der Waals surface area contributed by atoms with Crippen molar-refractivity contribution in [3.05, 3.63) is 29.8 Å². The number of hydrogen-bond donors (Lipinski definition) is 1. The molecule has 0 saturated heterocycles. The van der Waals surface area contributed by atoms with E-state index in [1.807, 2.05) is 52.0 Å². The Morgan fingerprint density at radius 3 is 2.22 bits per heavy atom. The van der Waals surface area contributed by atoms with E-state index in [0.717, 1.165) is 11.3 Å². The molecule has 1 aromatic rings. The minimum Gasteiger partial charge on any atom is -0.494 e. The van der Waals surface area contributed by atoms with Crippen LogP contribution in [0.15, 0.2) is 24.3 Å². The van der Waals surface area contributed by atoms with Crippen LogP contribution >= 0.6 is 0 Å². The summed E-state index contributed by atoms with van der Waals surface area (Å²) in [5, 5.41) is 19.5. The molecule has 0 aliphatic carbocycles. The van der Waals surface area contributed by atoms with Crippen molar-refractivity contribution in [2.75, 3.05) is 6.61 Å². The average Bonchev–Trinajstić information content (AvgIpc) is 2.31. The lowest BCUT2D eigenvalue weighted by Gasteiger charge is -2.29. The Balaban J connectivity index is 2.93. The largest absolute Gasteiger partial charge is 0.494 e. The molecule has 98 valence electrons. The summed E-state index contributed by atoms with van der Waals surface area (Å²) in [4.78, 5) is 0. The third-order valence-corrected chi connectivity index (χ3v) is 2.89. The average molecular weight is 247 g/mol. The molecule has 0 fully saturated rings. The summed E-state index contributed by atoms with van der Waals surface area (Å²) in [6.07, 6.45) is -0.694. The first kappa shape index (κ1) is 14.5. The highest BCUT2D eigenvalue weighted by Gasteiger charge is 2.31. The minimum absolute atomic E-state index is 0.320. The molecule has 0 heterocycles. The molecule has 3 nitrogen and oxygen atoms in total. The van der Waals surface area contributed by atoms with Crippen molar-refractivity contribution in [3.8, 4) is 11.8 Å². The van der Waals surface area contributed by atoms with Gasteiger partial charge in [-0.25, -0.2) is 0 Å². The van der Waals surface area contributed by atoms with Gasteiger partial charge >= 0.3 is 0 Å². The number of benzene rings is 1. The molecule has 0 radical (unpaired) electrons. The van der Waals surface area contributed by atoms with E-state index in [-0.39, 0.29) is 5.41 Å². The van der Waals surface area contributed by atoms with Crippen molar-refractivity contribution in [1.29, 1.82) is 5.26 Å². The Kier molecular flexibility index (Phi) is 4.75. The van der Waals surface area contributed by atoms with Gasteiger partial charge in [0, 0.05) is 0 Å². The van der Waals surface area contributed by atoms with Crippen molar-refractivity contribution < 1.29 is 9.84 Å². The van der Waals surface area contributed by atoms with Crippen molar-refractivity contribution >= 4 is 0 Å². The first-order chi connectivity index (χ1) is 8.40. The fourth-order valence-electron chi connectivity index (χ4n) is 1.77. The summed E-state index contributed by atoms with van der Waals surface area (Å²) in [7, 11) is 0. The zero-order chi connectivity index (χ0) is 13.8. The minimum atomic E-state index is -0.694.